The minimum absolute atomic E-state index is 1.36. The van der Waals surface area contributed by atoms with Crippen LogP contribution in [0.4, 0.5) is 0 Å². The minimum atomic E-state index is 1.36. The van der Waals surface area contributed by atoms with E-state index in [4.69, 9.17) is 0 Å². The van der Waals surface area contributed by atoms with E-state index in [1.54, 1.807) is 0 Å². The molecule has 1 aliphatic heterocycles. The molecule has 0 amide bonds. The lowest BCUT2D eigenvalue weighted by Gasteiger charge is -1.94. The van der Waals surface area contributed by atoms with Gasteiger partial charge in [0.25, 0.3) is 0 Å². The van der Waals surface area contributed by atoms with Crippen LogP contribution in [0.5, 0.6) is 0 Å². The van der Waals surface area contributed by atoms with Gasteiger partial charge in [0.2, 0.25) is 0 Å². The van der Waals surface area contributed by atoms with Crippen LogP contribution in [0.15, 0.2) is 31.3 Å². The number of rotatable bonds is 0. The van der Waals surface area contributed by atoms with E-state index < -0.39 is 0 Å². The summed E-state index contributed by atoms with van der Waals surface area (Å²) in [5.74, 6) is 0. The maximum Gasteiger partial charge on any atom is 0.0726 e. The normalized spacial score (nSPS) is 13.5. The monoisotopic (exact) mass is 222 g/mol. The highest BCUT2D eigenvalue weighted by Gasteiger charge is 2.11. The largest absolute Gasteiger partial charge is 0.136 e. The molecule has 0 fully saturated rings. The van der Waals surface area contributed by atoms with Crippen molar-refractivity contribution in [3.8, 4) is 0 Å². The second-order valence-corrected chi connectivity index (χ2v) is 6.13. The van der Waals surface area contributed by atoms with Gasteiger partial charge < -0.3 is 0 Å². The van der Waals surface area contributed by atoms with Crippen LogP contribution in [0.1, 0.15) is 11.1 Å². The highest BCUT2D eigenvalue weighted by atomic mass is 32.2. The van der Waals surface area contributed by atoms with Crippen LogP contribution in [0.25, 0.3) is 12.2 Å². The Bertz CT molecular complexity index is 420. The Kier molecular flexibility index (Phi) is 1.82. The average Bonchev–Trinajstić information content (AvgIpc) is 2.72. The zero-order valence-electron chi connectivity index (χ0n) is 6.69. The van der Waals surface area contributed by atoms with Gasteiger partial charge in [0, 0.05) is 0 Å². The van der Waals surface area contributed by atoms with E-state index in [0.29, 0.717) is 0 Å². The summed E-state index contributed by atoms with van der Waals surface area (Å²) < 4.78 is 2.83. The van der Waals surface area contributed by atoms with E-state index >= 15 is 0 Å². The van der Waals surface area contributed by atoms with E-state index in [-0.39, 0.29) is 0 Å². The molecule has 0 radical (unpaired) electrons. The Balaban J connectivity index is 2.20. The van der Waals surface area contributed by atoms with E-state index in [1.165, 1.54) is 19.5 Å². The first kappa shape index (κ1) is 7.85. The van der Waals surface area contributed by atoms with Crippen molar-refractivity contribution in [1.29, 1.82) is 0 Å². The first-order valence-electron chi connectivity index (χ1n) is 3.94. The van der Waals surface area contributed by atoms with Crippen molar-refractivity contribution in [2.45, 2.75) is 8.42 Å². The lowest BCUT2D eigenvalue weighted by atomic mass is 10.2. The zero-order valence-corrected chi connectivity index (χ0v) is 9.14. The lowest BCUT2D eigenvalue weighted by Crippen LogP contribution is -1.64. The van der Waals surface area contributed by atoms with Gasteiger partial charge in [-0.3, -0.25) is 0 Å². The molecule has 64 valence electrons. The Morgan fingerprint density at radius 2 is 1.31 bits per heavy atom. The zero-order chi connectivity index (χ0) is 8.67. The third-order valence-corrected chi connectivity index (χ3v) is 5.31. The number of hydrogen-bond donors (Lipinski definition) is 0. The van der Waals surface area contributed by atoms with Crippen LogP contribution in [0, 0.1) is 0 Å². The van der Waals surface area contributed by atoms with Crippen molar-refractivity contribution < 1.29 is 0 Å². The predicted octanol–water partition coefficient (Wildman–Crippen LogP) is 4.44. The van der Waals surface area contributed by atoms with E-state index in [9.17, 15) is 0 Å². The third kappa shape index (κ3) is 1.27. The fourth-order valence-electron chi connectivity index (χ4n) is 1.29. The molecule has 0 saturated heterocycles. The molecule has 3 rings (SSSR count). The fraction of sp³-hybridized carbons (Fsp3) is 0. The molecule has 0 aromatic carbocycles. The molecule has 0 unspecified atom stereocenters. The molecule has 0 saturated carbocycles. The van der Waals surface area contributed by atoms with Gasteiger partial charge in [0.15, 0.2) is 0 Å². The second kappa shape index (κ2) is 3.01. The molecular weight excluding hydrogens is 216 g/mol. The summed E-state index contributed by atoms with van der Waals surface area (Å²) in [4.78, 5) is 0. The van der Waals surface area contributed by atoms with Crippen molar-refractivity contribution in [2.75, 3.05) is 0 Å². The molecule has 0 nitrogen and oxygen atoms in total. The van der Waals surface area contributed by atoms with Crippen molar-refractivity contribution in [3.05, 3.63) is 34.0 Å². The van der Waals surface area contributed by atoms with Crippen molar-refractivity contribution in [3.63, 3.8) is 0 Å². The Morgan fingerprint density at radius 1 is 0.769 bits per heavy atom. The molecule has 2 aromatic heterocycles. The molecule has 0 bridgehead atoms. The summed E-state index contributed by atoms with van der Waals surface area (Å²) in [5, 5.41) is 4.31. The SMILES string of the molecule is C1=Cc2ccsc2Sc2sccc21. The maximum absolute atomic E-state index is 2.21. The topological polar surface area (TPSA) is 0 Å². The van der Waals surface area contributed by atoms with Crippen molar-refractivity contribution in [2.24, 2.45) is 0 Å². The van der Waals surface area contributed by atoms with Crippen LogP contribution >= 0.6 is 34.4 Å². The lowest BCUT2D eigenvalue weighted by molar-refractivity contribution is 1.63. The molecule has 13 heavy (non-hydrogen) atoms. The summed E-state index contributed by atoms with van der Waals surface area (Å²) in [5.41, 5.74) is 2.72. The summed E-state index contributed by atoms with van der Waals surface area (Å²) in [6.45, 7) is 0. The van der Waals surface area contributed by atoms with Gasteiger partial charge in [-0.05, 0) is 34.0 Å². The molecular formula is C10H6S3. The quantitative estimate of drug-likeness (QED) is 0.541. The van der Waals surface area contributed by atoms with Gasteiger partial charge in [0.1, 0.15) is 0 Å². The van der Waals surface area contributed by atoms with Crippen LogP contribution in [0.2, 0.25) is 0 Å². The van der Waals surface area contributed by atoms with Crippen LogP contribution < -0.4 is 0 Å². The van der Waals surface area contributed by atoms with E-state index in [2.05, 4.69) is 35.0 Å². The number of fused-ring (bicyclic) bond motifs is 2. The van der Waals surface area contributed by atoms with Crippen LogP contribution in [0.3, 0.4) is 0 Å². The Hall–Kier alpha value is -0.510. The second-order valence-electron chi connectivity index (χ2n) is 2.76. The smallest absolute Gasteiger partial charge is 0.0726 e. The van der Waals surface area contributed by atoms with Gasteiger partial charge in [-0.15, -0.1) is 22.7 Å². The Labute approximate surface area is 88.9 Å². The van der Waals surface area contributed by atoms with Gasteiger partial charge in [-0.1, -0.05) is 23.9 Å². The average molecular weight is 222 g/mol. The van der Waals surface area contributed by atoms with E-state index in [1.807, 2.05) is 34.4 Å². The molecule has 0 N–H and O–H groups in total. The molecule has 0 atom stereocenters. The van der Waals surface area contributed by atoms with E-state index in [0.717, 1.165) is 0 Å². The molecule has 3 heteroatoms. The van der Waals surface area contributed by atoms with Gasteiger partial charge >= 0.3 is 0 Å². The standard InChI is InChI=1S/C10H6S3/c1-2-8-4-6-12-10(8)13-9-7(1)3-5-11-9/h1-6H. The summed E-state index contributed by atoms with van der Waals surface area (Å²) in [7, 11) is 0. The summed E-state index contributed by atoms with van der Waals surface area (Å²) in [6.07, 6.45) is 4.41. The van der Waals surface area contributed by atoms with Gasteiger partial charge in [-0.2, -0.15) is 0 Å². The van der Waals surface area contributed by atoms with Gasteiger partial charge in [0.05, 0.1) is 8.42 Å². The first-order chi connectivity index (χ1) is 6.43. The molecule has 2 aromatic rings. The van der Waals surface area contributed by atoms with Crippen molar-refractivity contribution in [1.82, 2.24) is 0 Å². The predicted molar refractivity (Wildman–Crippen MR) is 61.7 cm³/mol. The highest BCUT2D eigenvalue weighted by Crippen LogP contribution is 2.42. The van der Waals surface area contributed by atoms with Crippen LogP contribution in [-0.2, 0) is 0 Å². The van der Waals surface area contributed by atoms with Crippen molar-refractivity contribution >= 4 is 46.6 Å². The first-order valence-corrected chi connectivity index (χ1v) is 6.52. The molecule has 0 aliphatic carbocycles. The van der Waals surface area contributed by atoms with Gasteiger partial charge in [-0.25, -0.2) is 0 Å². The third-order valence-electron chi connectivity index (χ3n) is 1.94. The van der Waals surface area contributed by atoms with Crippen LogP contribution in [-0.4, -0.2) is 0 Å². The Morgan fingerprint density at radius 3 is 1.85 bits per heavy atom. The fourth-order valence-corrected chi connectivity index (χ4v) is 4.56. The molecule has 3 heterocycles. The minimum Gasteiger partial charge on any atom is -0.136 e. The summed E-state index contributed by atoms with van der Waals surface area (Å²) >= 11 is 5.54. The molecule has 1 aliphatic rings. The summed E-state index contributed by atoms with van der Waals surface area (Å²) in [6, 6.07) is 4.36. The maximum atomic E-state index is 2.21. The number of hydrogen-bond acceptors (Lipinski definition) is 3. The number of thiophene rings is 2. The highest BCUT2D eigenvalue weighted by molar-refractivity contribution is 8.03. The molecule has 0 spiro atoms.